The molecule has 0 saturated heterocycles. The third-order valence-corrected chi connectivity index (χ3v) is 5.86. The highest BCUT2D eigenvalue weighted by Crippen LogP contribution is 2.39. The van der Waals surface area contributed by atoms with Crippen LogP contribution in [0.25, 0.3) is 0 Å². The molecule has 1 aliphatic rings. The molecule has 0 bridgehead atoms. The van der Waals surface area contributed by atoms with Crippen LogP contribution in [0.3, 0.4) is 0 Å². The Morgan fingerprint density at radius 2 is 1.82 bits per heavy atom. The number of carbonyl (C=O) groups is 3. The van der Waals surface area contributed by atoms with Gasteiger partial charge in [-0.05, 0) is 32.3 Å². The molecule has 1 aliphatic heterocycles. The van der Waals surface area contributed by atoms with Crippen LogP contribution in [-0.4, -0.2) is 42.5 Å². The standard InChI is InChI=1S/C24H31N3O7/c1-7-13(3)21(24(30)34-8-2)26-22(28)18-14(4)25-15(5)19(23(29)33-6)20(18)16-10-9-11-17(12-16)27(31)32/h9-13,20-21,25H,7-8H2,1-6H3,(H,26,28). The molecule has 1 aromatic rings. The van der Waals surface area contributed by atoms with E-state index < -0.39 is 34.7 Å². The molecule has 3 unspecified atom stereocenters. The highest BCUT2D eigenvalue weighted by Gasteiger charge is 2.39. The van der Waals surface area contributed by atoms with Gasteiger partial charge in [-0.1, -0.05) is 32.4 Å². The van der Waals surface area contributed by atoms with Crippen molar-refractivity contribution in [3.8, 4) is 0 Å². The second-order valence-corrected chi connectivity index (χ2v) is 8.07. The molecular weight excluding hydrogens is 442 g/mol. The maximum Gasteiger partial charge on any atom is 0.336 e. The second-order valence-electron chi connectivity index (χ2n) is 8.07. The average molecular weight is 474 g/mol. The van der Waals surface area contributed by atoms with Gasteiger partial charge >= 0.3 is 11.9 Å². The summed E-state index contributed by atoms with van der Waals surface area (Å²) < 4.78 is 10.1. The van der Waals surface area contributed by atoms with Gasteiger partial charge in [0.1, 0.15) is 6.04 Å². The summed E-state index contributed by atoms with van der Waals surface area (Å²) in [4.78, 5) is 49.7. The Bertz CT molecular complexity index is 1040. The number of amides is 1. The van der Waals surface area contributed by atoms with Gasteiger partial charge in [-0.2, -0.15) is 0 Å². The summed E-state index contributed by atoms with van der Waals surface area (Å²) in [7, 11) is 1.22. The fraction of sp³-hybridized carbons (Fsp3) is 0.458. The number of non-ortho nitro benzene ring substituents is 1. The van der Waals surface area contributed by atoms with E-state index in [1.807, 2.05) is 13.8 Å². The number of carbonyl (C=O) groups excluding carboxylic acids is 3. The summed E-state index contributed by atoms with van der Waals surface area (Å²) in [5.41, 5.74) is 1.40. The third-order valence-electron chi connectivity index (χ3n) is 5.86. The van der Waals surface area contributed by atoms with E-state index in [0.717, 1.165) is 0 Å². The molecule has 34 heavy (non-hydrogen) atoms. The number of methoxy groups -OCH3 is 1. The number of esters is 2. The van der Waals surface area contributed by atoms with E-state index in [0.29, 0.717) is 23.4 Å². The van der Waals surface area contributed by atoms with Crippen LogP contribution in [0.15, 0.2) is 46.8 Å². The van der Waals surface area contributed by atoms with Gasteiger partial charge in [0.05, 0.1) is 30.1 Å². The van der Waals surface area contributed by atoms with Crippen LogP contribution in [0, 0.1) is 16.0 Å². The lowest BCUT2D eigenvalue weighted by Crippen LogP contribution is -2.48. The number of rotatable bonds is 9. The number of nitrogens with one attached hydrogen (secondary N) is 2. The number of nitro benzene ring substituents is 1. The molecule has 3 atom stereocenters. The second kappa shape index (κ2) is 11.4. The molecule has 1 aromatic carbocycles. The lowest BCUT2D eigenvalue weighted by Gasteiger charge is -2.32. The van der Waals surface area contributed by atoms with Gasteiger partial charge in [0.25, 0.3) is 11.6 Å². The first-order chi connectivity index (χ1) is 16.1. The molecule has 1 heterocycles. The summed E-state index contributed by atoms with van der Waals surface area (Å²) in [6.07, 6.45) is 0.612. The van der Waals surface area contributed by atoms with Gasteiger partial charge in [0.15, 0.2) is 0 Å². The zero-order valence-electron chi connectivity index (χ0n) is 20.3. The maximum atomic E-state index is 13.6. The molecular formula is C24H31N3O7. The van der Waals surface area contributed by atoms with Crippen molar-refractivity contribution in [2.75, 3.05) is 13.7 Å². The van der Waals surface area contributed by atoms with Crippen LogP contribution in [0.1, 0.15) is 52.5 Å². The predicted octanol–water partition coefficient (Wildman–Crippen LogP) is 3.10. The van der Waals surface area contributed by atoms with E-state index in [4.69, 9.17) is 9.47 Å². The molecule has 10 nitrogen and oxygen atoms in total. The van der Waals surface area contributed by atoms with Crippen LogP contribution < -0.4 is 10.6 Å². The summed E-state index contributed by atoms with van der Waals surface area (Å²) >= 11 is 0. The number of hydrogen-bond donors (Lipinski definition) is 2. The molecule has 0 aliphatic carbocycles. The molecule has 184 valence electrons. The quantitative estimate of drug-likeness (QED) is 0.317. The van der Waals surface area contributed by atoms with Gasteiger partial charge in [-0.3, -0.25) is 14.9 Å². The Hall–Kier alpha value is -3.69. The number of benzene rings is 1. The topological polar surface area (TPSA) is 137 Å². The predicted molar refractivity (Wildman–Crippen MR) is 124 cm³/mol. The Labute approximate surface area is 198 Å². The summed E-state index contributed by atoms with van der Waals surface area (Å²) in [6, 6.07) is 4.85. The Morgan fingerprint density at radius 1 is 1.18 bits per heavy atom. The molecule has 1 amide bonds. The lowest BCUT2D eigenvalue weighted by molar-refractivity contribution is -0.384. The van der Waals surface area contributed by atoms with Crippen LogP contribution in [0.4, 0.5) is 5.69 Å². The van der Waals surface area contributed by atoms with Crippen molar-refractivity contribution in [1.82, 2.24) is 10.6 Å². The van der Waals surface area contributed by atoms with E-state index in [1.165, 1.54) is 25.3 Å². The number of dihydropyridines is 1. The van der Waals surface area contributed by atoms with E-state index in [-0.39, 0.29) is 29.4 Å². The van der Waals surface area contributed by atoms with Crippen molar-refractivity contribution in [1.29, 1.82) is 0 Å². The minimum absolute atomic E-state index is 0.148. The van der Waals surface area contributed by atoms with Crippen LogP contribution in [-0.2, 0) is 23.9 Å². The Balaban J connectivity index is 2.62. The van der Waals surface area contributed by atoms with Crippen LogP contribution >= 0.6 is 0 Å². The maximum absolute atomic E-state index is 13.6. The number of nitrogens with zero attached hydrogens (tertiary/aromatic N) is 1. The van der Waals surface area contributed by atoms with Crippen molar-refractivity contribution in [2.45, 2.75) is 53.0 Å². The number of allylic oxidation sites excluding steroid dienone is 2. The Kier molecular flexibility index (Phi) is 8.94. The van der Waals surface area contributed by atoms with E-state index in [9.17, 15) is 24.5 Å². The van der Waals surface area contributed by atoms with Gasteiger partial charge in [0.2, 0.25) is 0 Å². The summed E-state index contributed by atoms with van der Waals surface area (Å²) in [5, 5.41) is 17.2. The first-order valence-electron chi connectivity index (χ1n) is 11.1. The number of hydrogen-bond acceptors (Lipinski definition) is 8. The molecule has 0 fully saturated rings. The average Bonchev–Trinajstić information content (AvgIpc) is 2.81. The van der Waals surface area contributed by atoms with Crippen molar-refractivity contribution in [3.05, 3.63) is 62.5 Å². The van der Waals surface area contributed by atoms with Gasteiger partial charge in [-0.25, -0.2) is 9.59 Å². The smallest absolute Gasteiger partial charge is 0.336 e. The fourth-order valence-corrected chi connectivity index (χ4v) is 3.95. The molecule has 0 aromatic heterocycles. The minimum Gasteiger partial charge on any atom is -0.466 e. The van der Waals surface area contributed by atoms with E-state index >= 15 is 0 Å². The SMILES string of the molecule is CCOC(=O)C(NC(=O)C1=C(C)NC(C)=C(C(=O)OC)C1c1cccc([N+](=O)[O-])c1)C(C)CC. The zero-order chi connectivity index (χ0) is 25.6. The van der Waals surface area contributed by atoms with Crippen LogP contribution in [0.5, 0.6) is 0 Å². The number of nitro groups is 1. The minimum atomic E-state index is -0.951. The monoisotopic (exact) mass is 473 g/mol. The van der Waals surface area contributed by atoms with Crippen molar-refractivity contribution >= 4 is 23.5 Å². The van der Waals surface area contributed by atoms with Crippen molar-refractivity contribution in [2.24, 2.45) is 5.92 Å². The molecule has 2 N–H and O–H groups in total. The number of ether oxygens (including phenoxy) is 2. The van der Waals surface area contributed by atoms with Crippen molar-refractivity contribution < 1.29 is 28.8 Å². The molecule has 0 radical (unpaired) electrons. The van der Waals surface area contributed by atoms with Crippen LogP contribution in [0.2, 0.25) is 0 Å². The molecule has 0 saturated carbocycles. The first kappa shape index (κ1) is 26.6. The van der Waals surface area contributed by atoms with Crippen molar-refractivity contribution in [3.63, 3.8) is 0 Å². The van der Waals surface area contributed by atoms with Gasteiger partial charge in [-0.15, -0.1) is 0 Å². The Morgan fingerprint density at radius 3 is 2.38 bits per heavy atom. The van der Waals surface area contributed by atoms with E-state index in [1.54, 1.807) is 26.8 Å². The summed E-state index contributed by atoms with van der Waals surface area (Å²) in [6.45, 7) is 8.89. The zero-order valence-corrected chi connectivity index (χ0v) is 20.3. The largest absolute Gasteiger partial charge is 0.466 e. The van der Waals surface area contributed by atoms with Gasteiger partial charge in [0, 0.05) is 29.1 Å². The summed E-state index contributed by atoms with van der Waals surface area (Å²) in [5.74, 6) is -2.99. The highest BCUT2D eigenvalue weighted by molar-refractivity contribution is 6.03. The first-order valence-corrected chi connectivity index (χ1v) is 11.1. The molecule has 2 rings (SSSR count). The fourth-order valence-electron chi connectivity index (χ4n) is 3.95. The normalized spacial score (nSPS) is 17.4. The third kappa shape index (κ3) is 5.62. The van der Waals surface area contributed by atoms with Gasteiger partial charge < -0.3 is 20.1 Å². The van der Waals surface area contributed by atoms with E-state index in [2.05, 4.69) is 10.6 Å². The molecule has 10 heteroatoms. The highest BCUT2D eigenvalue weighted by atomic mass is 16.6. The lowest BCUT2D eigenvalue weighted by atomic mass is 9.79. The molecule has 0 spiro atoms.